The number of carbonyl (C=O) groups excluding carboxylic acids is 1. The summed E-state index contributed by atoms with van der Waals surface area (Å²) in [5, 5.41) is 10.1. The first kappa shape index (κ1) is 17.5. The molecule has 0 saturated carbocycles. The lowest BCUT2D eigenvalue weighted by Gasteiger charge is -2.22. The predicted octanol–water partition coefficient (Wildman–Crippen LogP) is 3.65. The summed E-state index contributed by atoms with van der Waals surface area (Å²) in [5.41, 5.74) is 2.59. The first-order valence-corrected chi connectivity index (χ1v) is 9.00. The molecule has 1 aromatic carbocycles. The van der Waals surface area contributed by atoms with Gasteiger partial charge < -0.3 is 15.4 Å². The lowest BCUT2D eigenvalue weighted by molar-refractivity contribution is 0.0103. The first-order valence-electron chi connectivity index (χ1n) is 9.00. The molecule has 2 amide bonds. The summed E-state index contributed by atoms with van der Waals surface area (Å²) in [4.78, 5) is 12.1. The number of benzene rings is 1. The van der Waals surface area contributed by atoms with Gasteiger partial charge in [-0.2, -0.15) is 5.10 Å². The fourth-order valence-electron chi connectivity index (χ4n) is 3.10. The van der Waals surface area contributed by atoms with E-state index in [1.807, 2.05) is 41.9 Å². The van der Waals surface area contributed by atoms with Crippen LogP contribution in [0.2, 0.25) is 0 Å². The van der Waals surface area contributed by atoms with Gasteiger partial charge in [-0.15, -0.1) is 0 Å². The topological polar surface area (TPSA) is 68.2 Å². The Bertz CT molecular complexity index is 678. The van der Waals surface area contributed by atoms with Gasteiger partial charge in [0.1, 0.15) is 0 Å². The molecule has 1 atom stereocenters. The molecule has 6 heteroatoms. The van der Waals surface area contributed by atoms with Gasteiger partial charge in [0.15, 0.2) is 0 Å². The normalized spacial score (nSPS) is 17.2. The molecular formula is C19H26N4O2. The quantitative estimate of drug-likeness (QED) is 0.787. The van der Waals surface area contributed by atoms with Crippen LogP contribution in [0.25, 0.3) is 5.69 Å². The van der Waals surface area contributed by atoms with E-state index in [1.165, 1.54) is 12.8 Å². The molecule has 2 aromatic rings. The molecule has 1 aromatic heterocycles. The van der Waals surface area contributed by atoms with Crippen LogP contribution < -0.4 is 10.6 Å². The zero-order valence-corrected chi connectivity index (χ0v) is 14.7. The highest BCUT2D eigenvalue weighted by molar-refractivity contribution is 5.89. The van der Waals surface area contributed by atoms with Crippen molar-refractivity contribution in [3.05, 3.63) is 42.2 Å². The maximum absolute atomic E-state index is 12.1. The molecule has 1 saturated heterocycles. The first-order chi connectivity index (χ1) is 12.2. The Kier molecular flexibility index (Phi) is 6.06. The summed E-state index contributed by atoms with van der Waals surface area (Å²) < 4.78 is 7.52. The molecule has 0 unspecified atom stereocenters. The molecule has 0 radical (unpaired) electrons. The van der Waals surface area contributed by atoms with Gasteiger partial charge in [-0.25, -0.2) is 9.48 Å². The second-order valence-electron chi connectivity index (χ2n) is 6.40. The number of anilines is 1. The Labute approximate surface area is 148 Å². The van der Waals surface area contributed by atoms with Gasteiger partial charge in [-0.3, -0.25) is 0 Å². The molecule has 3 rings (SSSR count). The van der Waals surface area contributed by atoms with Gasteiger partial charge in [0.05, 0.1) is 29.4 Å². The van der Waals surface area contributed by atoms with E-state index in [1.54, 1.807) is 6.20 Å². The molecule has 2 heterocycles. The summed E-state index contributed by atoms with van der Waals surface area (Å²) in [6.07, 6.45) is 7.55. The third kappa shape index (κ3) is 4.82. The highest BCUT2D eigenvalue weighted by Gasteiger charge is 2.14. The Morgan fingerprint density at radius 3 is 2.92 bits per heavy atom. The second-order valence-corrected chi connectivity index (χ2v) is 6.40. The van der Waals surface area contributed by atoms with E-state index >= 15 is 0 Å². The average Bonchev–Trinajstić information content (AvgIpc) is 3.01. The number of ether oxygens (including phenoxy) is 1. The molecule has 25 heavy (non-hydrogen) atoms. The minimum absolute atomic E-state index is 0.194. The largest absolute Gasteiger partial charge is 0.378 e. The predicted molar refractivity (Wildman–Crippen MR) is 98.1 cm³/mol. The van der Waals surface area contributed by atoms with Gasteiger partial charge in [0.2, 0.25) is 0 Å². The van der Waals surface area contributed by atoms with Crippen LogP contribution in [0.3, 0.4) is 0 Å². The molecule has 2 N–H and O–H groups in total. The fraction of sp³-hybridized carbons (Fsp3) is 0.474. The monoisotopic (exact) mass is 342 g/mol. The van der Waals surface area contributed by atoms with Crippen LogP contribution in [0.15, 0.2) is 36.5 Å². The third-order valence-corrected chi connectivity index (χ3v) is 4.52. The second kappa shape index (κ2) is 8.67. The lowest BCUT2D eigenvalue weighted by Crippen LogP contribution is -2.30. The van der Waals surface area contributed by atoms with Gasteiger partial charge >= 0.3 is 6.03 Å². The van der Waals surface area contributed by atoms with Crippen molar-refractivity contribution >= 4 is 11.7 Å². The summed E-state index contributed by atoms with van der Waals surface area (Å²) >= 11 is 0. The van der Waals surface area contributed by atoms with Gasteiger partial charge in [0, 0.05) is 13.2 Å². The smallest absolute Gasteiger partial charge is 0.319 e. The SMILES string of the molecule is Cc1c(NC(=O)NCCC[C@H]2CCCCO2)cnn1-c1ccccc1. The van der Waals surface area contributed by atoms with Gasteiger partial charge in [0.25, 0.3) is 0 Å². The van der Waals surface area contributed by atoms with Crippen LogP contribution >= 0.6 is 0 Å². The van der Waals surface area contributed by atoms with E-state index in [9.17, 15) is 4.79 Å². The summed E-state index contributed by atoms with van der Waals surface area (Å²) in [7, 11) is 0. The van der Waals surface area contributed by atoms with Crippen LogP contribution in [0.4, 0.5) is 10.5 Å². The minimum Gasteiger partial charge on any atom is -0.378 e. The van der Waals surface area contributed by atoms with Crippen LogP contribution in [0.1, 0.15) is 37.8 Å². The van der Waals surface area contributed by atoms with E-state index in [4.69, 9.17) is 4.74 Å². The van der Waals surface area contributed by atoms with Crippen molar-refractivity contribution < 1.29 is 9.53 Å². The van der Waals surface area contributed by atoms with E-state index < -0.39 is 0 Å². The van der Waals surface area contributed by atoms with Gasteiger partial charge in [-0.05, 0) is 51.2 Å². The number of nitrogens with zero attached hydrogens (tertiary/aromatic N) is 2. The summed E-state index contributed by atoms with van der Waals surface area (Å²) in [6.45, 7) is 3.47. The van der Waals surface area contributed by atoms with Crippen LogP contribution in [-0.2, 0) is 4.74 Å². The maximum atomic E-state index is 12.1. The van der Waals surface area contributed by atoms with Crippen LogP contribution in [-0.4, -0.2) is 35.1 Å². The maximum Gasteiger partial charge on any atom is 0.319 e. The fourth-order valence-corrected chi connectivity index (χ4v) is 3.10. The summed E-state index contributed by atoms with van der Waals surface area (Å²) in [6, 6.07) is 9.67. The summed E-state index contributed by atoms with van der Waals surface area (Å²) in [5.74, 6) is 0. The van der Waals surface area contributed by atoms with Crippen molar-refractivity contribution in [2.45, 2.75) is 45.1 Å². The number of aromatic nitrogens is 2. The lowest BCUT2D eigenvalue weighted by atomic mass is 10.0. The average molecular weight is 342 g/mol. The molecule has 6 nitrogen and oxygen atoms in total. The van der Waals surface area contributed by atoms with Crippen LogP contribution in [0.5, 0.6) is 0 Å². The number of rotatable bonds is 6. The highest BCUT2D eigenvalue weighted by atomic mass is 16.5. The number of hydrogen-bond donors (Lipinski definition) is 2. The molecule has 1 aliphatic rings. The minimum atomic E-state index is -0.194. The standard InChI is InChI=1S/C19H26N4O2/c1-15-18(14-21-23(15)16-8-3-2-4-9-16)22-19(24)20-12-7-11-17-10-5-6-13-25-17/h2-4,8-9,14,17H,5-7,10-13H2,1H3,(H2,20,22,24)/t17-/m1/s1. The Hall–Kier alpha value is -2.34. The molecule has 0 bridgehead atoms. The van der Waals surface area contributed by atoms with Crippen LogP contribution in [0, 0.1) is 6.92 Å². The molecule has 0 aliphatic carbocycles. The molecule has 0 spiro atoms. The van der Waals surface area contributed by atoms with Crippen molar-refractivity contribution in [3.63, 3.8) is 0 Å². The van der Waals surface area contributed by atoms with Crippen molar-refractivity contribution in [1.29, 1.82) is 0 Å². The van der Waals surface area contributed by atoms with Crippen molar-refractivity contribution in [2.24, 2.45) is 0 Å². The van der Waals surface area contributed by atoms with Gasteiger partial charge in [-0.1, -0.05) is 18.2 Å². The molecule has 1 fully saturated rings. The molecule has 1 aliphatic heterocycles. The third-order valence-electron chi connectivity index (χ3n) is 4.52. The Morgan fingerprint density at radius 1 is 1.32 bits per heavy atom. The highest BCUT2D eigenvalue weighted by Crippen LogP contribution is 2.18. The number of urea groups is 1. The van der Waals surface area contributed by atoms with Crippen molar-refractivity contribution in [3.8, 4) is 5.69 Å². The number of carbonyl (C=O) groups is 1. The Balaban J connectivity index is 1.44. The van der Waals surface area contributed by atoms with E-state index in [0.717, 1.165) is 42.9 Å². The zero-order chi connectivity index (χ0) is 17.5. The number of hydrogen-bond acceptors (Lipinski definition) is 3. The number of amides is 2. The van der Waals surface area contributed by atoms with Crippen molar-refractivity contribution in [1.82, 2.24) is 15.1 Å². The van der Waals surface area contributed by atoms with Crippen molar-refractivity contribution in [2.75, 3.05) is 18.5 Å². The Morgan fingerprint density at radius 2 is 2.16 bits per heavy atom. The van der Waals surface area contributed by atoms with E-state index in [-0.39, 0.29) is 6.03 Å². The molecular weight excluding hydrogens is 316 g/mol. The number of nitrogens with one attached hydrogen (secondary N) is 2. The molecule has 134 valence electrons. The zero-order valence-electron chi connectivity index (χ0n) is 14.7. The number of para-hydroxylation sites is 1. The van der Waals surface area contributed by atoms with E-state index in [0.29, 0.717) is 12.6 Å². The van der Waals surface area contributed by atoms with E-state index in [2.05, 4.69) is 15.7 Å².